The largest absolute Gasteiger partial charge is 0.508 e. The molecule has 0 atom stereocenters. The van der Waals surface area contributed by atoms with Crippen LogP contribution in [0.5, 0.6) is 5.75 Å². The molecule has 1 aromatic heterocycles. The van der Waals surface area contributed by atoms with E-state index in [2.05, 4.69) is 71.0 Å². The predicted molar refractivity (Wildman–Crippen MR) is 112 cm³/mol. The van der Waals surface area contributed by atoms with Crippen molar-refractivity contribution in [1.29, 1.82) is 0 Å². The normalized spacial score (nSPS) is 11.3. The van der Waals surface area contributed by atoms with Crippen molar-refractivity contribution in [3.8, 4) is 16.3 Å². The van der Waals surface area contributed by atoms with Crippen molar-refractivity contribution in [3.63, 3.8) is 0 Å². The molecule has 2 N–H and O–H groups in total. The first-order chi connectivity index (χ1) is 12.7. The molecule has 0 fully saturated rings. The fourth-order valence-electron chi connectivity index (χ4n) is 2.73. The maximum Gasteiger partial charge on any atom is 0.124 e. The number of fused-ring (bicyclic) bond motifs is 1. The van der Waals surface area contributed by atoms with Crippen LogP contribution in [-0.4, -0.2) is 17.1 Å². The Morgan fingerprint density at radius 1 is 0.885 bits per heavy atom. The van der Waals surface area contributed by atoms with E-state index in [4.69, 9.17) is 0 Å². The zero-order valence-electron chi connectivity index (χ0n) is 14.3. The minimum Gasteiger partial charge on any atom is -0.508 e. The number of rotatable bonds is 4. The molecular weight excluding hydrogens is 340 g/mol. The Balaban J connectivity index is 1.54. The Morgan fingerprint density at radius 2 is 1.54 bits per heavy atom. The molecule has 0 saturated carbocycles. The van der Waals surface area contributed by atoms with Crippen molar-refractivity contribution >= 4 is 39.4 Å². The molecule has 4 rings (SSSR count). The van der Waals surface area contributed by atoms with Crippen molar-refractivity contribution in [3.05, 3.63) is 77.9 Å². The van der Waals surface area contributed by atoms with Crippen molar-refractivity contribution < 1.29 is 5.11 Å². The third kappa shape index (κ3) is 3.46. The molecular formula is C22H18N2OS. The Hall–Kier alpha value is -3.11. The Bertz CT molecular complexity index is 1060. The van der Waals surface area contributed by atoms with Gasteiger partial charge in [-0.1, -0.05) is 48.6 Å². The Morgan fingerprint density at radius 3 is 2.19 bits per heavy atom. The lowest BCUT2D eigenvalue weighted by Crippen LogP contribution is -1.86. The van der Waals surface area contributed by atoms with Gasteiger partial charge in [-0.2, -0.15) is 0 Å². The van der Waals surface area contributed by atoms with Gasteiger partial charge in [0.25, 0.3) is 0 Å². The summed E-state index contributed by atoms with van der Waals surface area (Å²) < 4.78 is 1.08. The Kier molecular flexibility index (Phi) is 4.42. The molecule has 3 nitrogen and oxygen atoms in total. The molecule has 0 bridgehead atoms. The van der Waals surface area contributed by atoms with Gasteiger partial charge >= 0.3 is 0 Å². The summed E-state index contributed by atoms with van der Waals surface area (Å²) in [5, 5.41) is 13.7. The average Bonchev–Trinajstić information content (AvgIpc) is 3.10. The van der Waals surface area contributed by atoms with Crippen molar-refractivity contribution in [2.75, 3.05) is 12.4 Å². The maximum absolute atomic E-state index is 9.58. The Labute approximate surface area is 156 Å². The number of phenols is 1. The summed E-state index contributed by atoms with van der Waals surface area (Å²) in [6.45, 7) is 0. The standard InChI is InChI=1S/C22H18N2OS/c1-23-18-10-6-16(7-11-18)3-2-15-4-8-17(9-5-15)22-24-20-14-19(25)12-13-21(20)26-22/h2-14,23,25H,1H3/b3-2+. The zero-order chi connectivity index (χ0) is 17.9. The number of aromatic nitrogens is 1. The summed E-state index contributed by atoms with van der Waals surface area (Å²) in [7, 11) is 1.92. The molecule has 0 saturated heterocycles. The molecule has 3 aromatic carbocycles. The molecule has 0 unspecified atom stereocenters. The van der Waals surface area contributed by atoms with Crippen LogP contribution in [0.4, 0.5) is 5.69 Å². The van der Waals surface area contributed by atoms with Gasteiger partial charge in [0.2, 0.25) is 0 Å². The van der Waals surface area contributed by atoms with Gasteiger partial charge in [-0.15, -0.1) is 11.3 Å². The van der Waals surface area contributed by atoms with E-state index in [1.807, 2.05) is 13.1 Å². The highest BCUT2D eigenvalue weighted by Gasteiger charge is 2.06. The van der Waals surface area contributed by atoms with Crippen LogP contribution in [0, 0.1) is 0 Å². The molecule has 128 valence electrons. The van der Waals surface area contributed by atoms with Crippen LogP contribution in [0.3, 0.4) is 0 Å². The van der Waals surface area contributed by atoms with E-state index in [0.29, 0.717) is 0 Å². The van der Waals surface area contributed by atoms with Crippen LogP contribution in [0.15, 0.2) is 66.7 Å². The topological polar surface area (TPSA) is 45.2 Å². The molecule has 1 heterocycles. The van der Waals surface area contributed by atoms with Gasteiger partial charge in [-0.25, -0.2) is 4.98 Å². The van der Waals surface area contributed by atoms with Gasteiger partial charge in [-0.05, 0) is 35.4 Å². The molecule has 4 heteroatoms. The van der Waals surface area contributed by atoms with Crippen LogP contribution in [0.25, 0.3) is 32.9 Å². The average molecular weight is 358 g/mol. The molecule has 0 radical (unpaired) electrons. The summed E-state index contributed by atoms with van der Waals surface area (Å²) in [6, 6.07) is 22.0. The highest BCUT2D eigenvalue weighted by molar-refractivity contribution is 7.21. The minimum absolute atomic E-state index is 0.248. The number of nitrogens with zero attached hydrogens (tertiary/aromatic N) is 1. The number of nitrogens with one attached hydrogen (secondary N) is 1. The summed E-state index contributed by atoms with van der Waals surface area (Å²) in [5.41, 5.74) is 5.33. The lowest BCUT2D eigenvalue weighted by Gasteiger charge is -2.00. The van der Waals surface area contributed by atoms with E-state index in [-0.39, 0.29) is 5.75 Å². The number of hydrogen-bond acceptors (Lipinski definition) is 4. The van der Waals surface area contributed by atoms with Gasteiger partial charge in [0.1, 0.15) is 10.8 Å². The van der Waals surface area contributed by atoms with Crippen molar-refractivity contribution in [2.45, 2.75) is 0 Å². The van der Waals surface area contributed by atoms with Crippen molar-refractivity contribution in [1.82, 2.24) is 4.98 Å². The van der Waals surface area contributed by atoms with Gasteiger partial charge in [0, 0.05) is 24.4 Å². The summed E-state index contributed by atoms with van der Waals surface area (Å²) in [4.78, 5) is 4.62. The van der Waals surface area contributed by atoms with Crippen LogP contribution in [0.1, 0.15) is 11.1 Å². The number of aromatic hydroxyl groups is 1. The number of thiazole rings is 1. The fourth-order valence-corrected chi connectivity index (χ4v) is 3.68. The van der Waals surface area contributed by atoms with Crippen molar-refractivity contribution in [2.24, 2.45) is 0 Å². The monoisotopic (exact) mass is 358 g/mol. The molecule has 0 aliphatic heterocycles. The molecule has 26 heavy (non-hydrogen) atoms. The number of anilines is 1. The summed E-state index contributed by atoms with van der Waals surface area (Å²) in [5.74, 6) is 0.248. The van der Waals surface area contributed by atoms with Crippen LogP contribution >= 0.6 is 11.3 Å². The first-order valence-corrected chi connectivity index (χ1v) is 9.19. The molecule has 0 aliphatic rings. The number of phenolic OH excluding ortho intramolecular Hbond substituents is 1. The van der Waals surface area contributed by atoms with E-state index in [1.54, 1.807) is 23.5 Å². The highest BCUT2D eigenvalue weighted by Crippen LogP contribution is 2.32. The second-order valence-electron chi connectivity index (χ2n) is 6.00. The third-order valence-electron chi connectivity index (χ3n) is 4.20. The lowest BCUT2D eigenvalue weighted by molar-refractivity contribution is 0.476. The van der Waals surface area contributed by atoms with Gasteiger partial charge in [-0.3, -0.25) is 0 Å². The van der Waals surface area contributed by atoms with E-state index in [9.17, 15) is 5.11 Å². The third-order valence-corrected chi connectivity index (χ3v) is 5.28. The second-order valence-corrected chi connectivity index (χ2v) is 7.03. The van der Waals surface area contributed by atoms with Crippen LogP contribution < -0.4 is 5.32 Å². The molecule has 0 amide bonds. The summed E-state index contributed by atoms with van der Waals surface area (Å²) >= 11 is 1.63. The number of benzene rings is 3. The smallest absolute Gasteiger partial charge is 0.124 e. The predicted octanol–water partition coefficient (Wildman–Crippen LogP) is 5.88. The highest BCUT2D eigenvalue weighted by atomic mass is 32.1. The van der Waals surface area contributed by atoms with E-state index in [1.165, 1.54) is 5.56 Å². The maximum atomic E-state index is 9.58. The molecule has 0 spiro atoms. The zero-order valence-corrected chi connectivity index (χ0v) is 15.1. The first kappa shape index (κ1) is 16.4. The van der Waals surface area contributed by atoms with Crippen LogP contribution in [-0.2, 0) is 0 Å². The van der Waals surface area contributed by atoms with E-state index >= 15 is 0 Å². The molecule has 4 aromatic rings. The first-order valence-electron chi connectivity index (χ1n) is 8.37. The van der Waals surface area contributed by atoms with E-state index in [0.717, 1.165) is 32.0 Å². The lowest BCUT2D eigenvalue weighted by atomic mass is 10.1. The SMILES string of the molecule is CNc1ccc(/C=C/c2ccc(-c3nc4cc(O)ccc4s3)cc2)cc1. The quantitative estimate of drug-likeness (QED) is 0.448. The summed E-state index contributed by atoms with van der Waals surface area (Å²) in [6.07, 6.45) is 4.21. The van der Waals surface area contributed by atoms with E-state index < -0.39 is 0 Å². The second kappa shape index (κ2) is 7.02. The van der Waals surface area contributed by atoms with Crippen LogP contribution in [0.2, 0.25) is 0 Å². The fraction of sp³-hybridized carbons (Fsp3) is 0.0455. The number of hydrogen-bond donors (Lipinski definition) is 2. The van der Waals surface area contributed by atoms with Gasteiger partial charge in [0.05, 0.1) is 10.2 Å². The molecule has 0 aliphatic carbocycles. The minimum atomic E-state index is 0.248. The van der Waals surface area contributed by atoms with Gasteiger partial charge in [0.15, 0.2) is 0 Å². The van der Waals surface area contributed by atoms with Gasteiger partial charge < -0.3 is 10.4 Å².